The van der Waals surface area contributed by atoms with Crippen molar-refractivity contribution in [3.8, 4) is 0 Å². The molecule has 0 amide bonds. The molecule has 1 saturated heterocycles. The second-order valence-corrected chi connectivity index (χ2v) is 8.75. The van der Waals surface area contributed by atoms with E-state index in [4.69, 9.17) is 4.98 Å². The third-order valence-corrected chi connectivity index (χ3v) is 6.90. The van der Waals surface area contributed by atoms with Gasteiger partial charge in [-0.1, -0.05) is 30.3 Å². The van der Waals surface area contributed by atoms with Crippen molar-refractivity contribution in [3.05, 3.63) is 76.0 Å². The molecule has 1 spiro atoms. The summed E-state index contributed by atoms with van der Waals surface area (Å²) in [5, 5.41) is 0. The summed E-state index contributed by atoms with van der Waals surface area (Å²) in [5.41, 5.74) is 7.27. The molecule has 4 heterocycles. The molecule has 0 bridgehead atoms. The lowest BCUT2D eigenvalue weighted by molar-refractivity contribution is 0.307. The largest absolute Gasteiger partial charge is 0.365 e. The lowest BCUT2D eigenvalue weighted by Gasteiger charge is -2.26. The van der Waals surface area contributed by atoms with E-state index >= 15 is 0 Å². The Kier molecular flexibility index (Phi) is 4.21. The van der Waals surface area contributed by atoms with Crippen molar-refractivity contribution in [2.24, 2.45) is 0 Å². The second-order valence-electron chi connectivity index (χ2n) is 7.81. The molecule has 2 aliphatic heterocycles. The summed E-state index contributed by atoms with van der Waals surface area (Å²) < 4.78 is 0. The predicted octanol–water partition coefficient (Wildman–Crippen LogP) is 4.01. The quantitative estimate of drug-likeness (QED) is 0.689. The normalized spacial score (nSPS) is 21.9. The Balaban J connectivity index is 1.39. The van der Waals surface area contributed by atoms with Crippen LogP contribution in [0, 0.1) is 6.92 Å². The van der Waals surface area contributed by atoms with Crippen LogP contribution in [-0.4, -0.2) is 34.5 Å². The SMILES string of the molecule is Cc1ncsc1CN1CCC2(C1)CN(Cc1ccccc1)c1cccnc12. The fraction of sp³-hybridized carbons (Fsp3) is 0.364. The summed E-state index contributed by atoms with van der Waals surface area (Å²) >= 11 is 1.78. The van der Waals surface area contributed by atoms with Gasteiger partial charge in [-0.05, 0) is 37.6 Å². The molecule has 27 heavy (non-hydrogen) atoms. The van der Waals surface area contributed by atoms with E-state index in [1.54, 1.807) is 11.3 Å². The van der Waals surface area contributed by atoms with Gasteiger partial charge >= 0.3 is 0 Å². The number of rotatable bonds is 4. The first-order valence-electron chi connectivity index (χ1n) is 9.59. The van der Waals surface area contributed by atoms with Crippen molar-refractivity contribution in [3.63, 3.8) is 0 Å². The van der Waals surface area contributed by atoms with E-state index in [0.717, 1.165) is 32.7 Å². The zero-order valence-corrected chi connectivity index (χ0v) is 16.5. The molecule has 138 valence electrons. The van der Waals surface area contributed by atoms with Gasteiger partial charge in [0.25, 0.3) is 0 Å². The maximum Gasteiger partial charge on any atom is 0.0798 e. The highest BCUT2D eigenvalue weighted by atomic mass is 32.1. The van der Waals surface area contributed by atoms with Gasteiger partial charge in [-0.25, -0.2) is 4.98 Å². The van der Waals surface area contributed by atoms with Gasteiger partial charge in [0.2, 0.25) is 0 Å². The van der Waals surface area contributed by atoms with E-state index in [2.05, 4.69) is 64.2 Å². The van der Waals surface area contributed by atoms with E-state index in [0.29, 0.717) is 0 Å². The minimum absolute atomic E-state index is 0.157. The first-order valence-corrected chi connectivity index (χ1v) is 10.5. The molecule has 0 radical (unpaired) electrons. The molecule has 5 heteroatoms. The molecule has 4 nitrogen and oxygen atoms in total. The molecule has 0 saturated carbocycles. The molecular weight excluding hydrogens is 352 g/mol. The summed E-state index contributed by atoms with van der Waals surface area (Å²) in [4.78, 5) is 15.8. The standard InChI is InChI=1S/C22H24N4S/c1-17-20(27-16-24-17)13-25-11-9-22(14-25)15-26(12-18-6-3-2-4-7-18)19-8-5-10-23-21(19)22/h2-8,10,16H,9,11-15H2,1H3. The number of likely N-dealkylation sites (tertiary alicyclic amines) is 1. The number of pyridine rings is 1. The smallest absolute Gasteiger partial charge is 0.0798 e. The van der Waals surface area contributed by atoms with E-state index in [1.165, 1.54) is 33.9 Å². The summed E-state index contributed by atoms with van der Waals surface area (Å²) in [7, 11) is 0. The molecule has 5 rings (SSSR count). The van der Waals surface area contributed by atoms with E-state index < -0.39 is 0 Å². The maximum absolute atomic E-state index is 4.86. The zero-order valence-electron chi connectivity index (χ0n) is 15.6. The third kappa shape index (κ3) is 3.05. The van der Waals surface area contributed by atoms with E-state index in [1.807, 2.05) is 11.7 Å². The van der Waals surface area contributed by atoms with Crippen LogP contribution in [0.5, 0.6) is 0 Å². The molecule has 1 atom stereocenters. The van der Waals surface area contributed by atoms with Crippen molar-refractivity contribution < 1.29 is 0 Å². The van der Waals surface area contributed by atoms with Gasteiger partial charge in [0.15, 0.2) is 0 Å². The maximum atomic E-state index is 4.86. The van der Waals surface area contributed by atoms with Gasteiger partial charge < -0.3 is 4.90 Å². The fourth-order valence-corrected chi connectivity index (χ4v) is 5.45. The van der Waals surface area contributed by atoms with Crippen LogP contribution in [0.25, 0.3) is 0 Å². The monoisotopic (exact) mass is 376 g/mol. The Labute approximate surface area is 164 Å². The van der Waals surface area contributed by atoms with Crippen LogP contribution < -0.4 is 4.90 Å². The number of anilines is 1. The number of hydrogen-bond donors (Lipinski definition) is 0. The van der Waals surface area contributed by atoms with E-state index in [-0.39, 0.29) is 5.41 Å². The highest BCUT2D eigenvalue weighted by molar-refractivity contribution is 7.09. The molecule has 0 aliphatic carbocycles. The Bertz CT molecular complexity index is 938. The van der Waals surface area contributed by atoms with Crippen molar-refractivity contribution in [2.45, 2.75) is 31.8 Å². The first kappa shape index (κ1) is 16.9. The molecule has 0 N–H and O–H groups in total. The lowest BCUT2D eigenvalue weighted by atomic mass is 9.85. The van der Waals surface area contributed by atoms with Crippen molar-refractivity contribution in [2.75, 3.05) is 24.5 Å². The van der Waals surface area contributed by atoms with Crippen molar-refractivity contribution in [1.82, 2.24) is 14.9 Å². The van der Waals surface area contributed by atoms with Crippen LogP contribution in [0.4, 0.5) is 5.69 Å². The molecular formula is C22H24N4S. The minimum atomic E-state index is 0.157. The first-order chi connectivity index (χ1) is 13.2. The average Bonchev–Trinajstić information content (AvgIpc) is 3.37. The van der Waals surface area contributed by atoms with Gasteiger partial charge in [0, 0.05) is 42.7 Å². The van der Waals surface area contributed by atoms with Crippen LogP contribution in [0.1, 0.15) is 28.2 Å². The highest BCUT2D eigenvalue weighted by Crippen LogP contribution is 2.45. The number of aryl methyl sites for hydroxylation is 1. The van der Waals surface area contributed by atoms with Gasteiger partial charge in [0.05, 0.1) is 22.6 Å². The zero-order chi connectivity index (χ0) is 18.3. The predicted molar refractivity (Wildman–Crippen MR) is 110 cm³/mol. The molecule has 1 fully saturated rings. The molecule has 3 aromatic rings. The Morgan fingerprint density at radius 2 is 1.93 bits per heavy atom. The van der Waals surface area contributed by atoms with Crippen LogP contribution in [0.2, 0.25) is 0 Å². The highest BCUT2D eigenvalue weighted by Gasteiger charge is 2.48. The van der Waals surface area contributed by atoms with Gasteiger partial charge in [-0.3, -0.25) is 9.88 Å². The van der Waals surface area contributed by atoms with Crippen LogP contribution in [0.15, 0.2) is 54.2 Å². The third-order valence-electron chi connectivity index (χ3n) is 5.98. The number of benzene rings is 1. The molecule has 1 unspecified atom stereocenters. The number of hydrogen-bond acceptors (Lipinski definition) is 5. The Morgan fingerprint density at radius 3 is 2.74 bits per heavy atom. The Hall–Kier alpha value is -2.24. The van der Waals surface area contributed by atoms with Crippen LogP contribution >= 0.6 is 11.3 Å². The van der Waals surface area contributed by atoms with E-state index in [9.17, 15) is 0 Å². The average molecular weight is 377 g/mol. The van der Waals surface area contributed by atoms with Crippen molar-refractivity contribution in [1.29, 1.82) is 0 Å². The number of nitrogens with zero attached hydrogens (tertiary/aromatic N) is 4. The topological polar surface area (TPSA) is 32.3 Å². The second kappa shape index (κ2) is 6.73. The molecule has 2 aliphatic rings. The summed E-state index contributed by atoms with van der Waals surface area (Å²) in [6.45, 7) is 7.36. The summed E-state index contributed by atoms with van der Waals surface area (Å²) in [5.74, 6) is 0. The Morgan fingerprint density at radius 1 is 1.04 bits per heavy atom. The van der Waals surface area contributed by atoms with Crippen molar-refractivity contribution >= 4 is 17.0 Å². The molecule has 1 aromatic carbocycles. The number of aromatic nitrogens is 2. The van der Waals surface area contributed by atoms with Crippen LogP contribution in [-0.2, 0) is 18.5 Å². The number of fused-ring (bicyclic) bond motifs is 2. The number of thiazole rings is 1. The fourth-order valence-electron chi connectivity index (χ4n) is 4.63. The lowest BCUT2D eigenvalue weighted by Crippen LogP contribution is -2.36. The van der Waals surface area contributed by atoms with Gasteiger partial charge in [-0.2, -0.15) is 0 Å². The summed E-state index contributed by atoms with van der Waals surface area (Å²) in [6.07, 6.45) is 3.14. The van der Waals surface area contributed by atoms with Gasteiger partial charge in [-0.15, -0.1) is 11.3 Å². The molecule has 2 aromatic heterocycles. The van der Waals surface area contributed by atoms with Gasteiger partial charge in [0.1, 0.15) is 0 Å². The summed E-state index contributed by atoms with van der Waals surface area (Å²) in [6, 6.07) is 15.1. The minimum Gasteiger partial charge on any atom is -0.365 e. The van der Waals surface area contributed by atoms with Crippen LogP contribution in [0.3, 0.4) is 0 Å².